The number of rotatable bonds is 4. The molecule has 0 aliphatic heterocycles. The Hall–Kier alpha value is -2.22. The number of amides is 1. The second-order valence-corrected chi connectivity index (χ2v) is 4.91. The fraction of sp³-hybridized carbons (Fsp3) is 0.500. The van der Waals surface area contributed by atoms with Crippen molar-refractivity contribution in [2.24, 2.45) is 0 Å². The Morgan fingerprint density at radius 1 is 1.40 bits per heavy atom. The highest BCUT2D eigenvalue weighted by Crippen LogP contribution is 2.14. The summed E-state index contributed by atoms with van der Waals surface area (Å²) in [5, 5.41) is 11.3. The van der Waals surface area contributed by atoms with Crippen molar-refractivity contribution in [2.45, 2.75) is 33.0 Å². The van der Waals surface area contributed by atoms with E-state index in [9.17, 15) is 9.59 Å². The molecule has 1 heterocycles. The van der Waals surface area contributed by atoms with Crippen molar-refractivity contribution in [1.29, 1.82) is 0 Å². The molecule has 0 unspecified atom stereocenters. The zero-order valence-electron chi connectivity index (χ0n) is 11.8. The molecule has 0 aromatic carbocycles. The molecule has 1 aromatic rings. The molecule has 0 saturated carbocycles. The van der Waals surface area contributed by atoms with Gasteiger partial charge in [-0.3, -0.25) is 5.32 Å². The molecule has 0 fully saturated rings. The standard InChI is InChI=1S/C12H17N3O5/c1-12(2,3)20-11(18)15-9-7(10(16)17)5-13-8(14-9)6-19-4/h5H,6H2,1-4H3,(H,16,17)(H,13,14,15,18). The Kier molecular flexibility index (Phi) is 4.98. The Morgan fingerprint density at radius 2 is 2.05 bits per heavy atom. The summed E-state index contributed by atoms with van der Waals surface area (Å²) in [6.07, 6.45) is 0.318. The lowest BCUT2D eigenvalue weighted by molar-refractivity contribution is 0.0635. The van der Waals surface area contributed by atoms with E-state index in [2.05, 4.69) is 15.3 Å². The van der Waals surface area contributed by atoms with E-state index in [4.69, 9.17) is 14.6 Å². The molecular formula is C12H17N3O5. The van der Waals surface area contributed by atoms with Crippen LogP contribution in [0.3, 0.4) is 0 Å². The highest BCUT2D eigenvalue weighted by molar-refractivity contribution is 5.97. The maximum absolute atomic E-state index is 11.7. The van der Waals surface area contributed by atoms with E-state index in [0.29, 0.717) is 0 Å². The Morgan fingerprint density at radius 3 is 2.55 bits per heavy atom. The predicted octanol–water partition coefficient (Wildman–Crippen LogP) is 1.67. The summed E-state index contributed by atoms with van der Waals surface area (Å²) in [6, 6.07) is 0. The Labute approximate surface area is 116 Å². The number of anilines is 1. The van der Waals surface area contributed by atoms with Gasteiger partial charge in [-0.2, -0.15) is 0 Å². The lowest BCUT2D eigenvalue weighted by Gasteiger charge is -2.19. The van der Waals surface area contributed by atoms with E-state index < -0.39 is 17.7 Å². The van der Waals surface area contributed by atoms with Gasteiger partial charge in [0.1, 0.15) is 17.8 Å². The van der Waals surface area contributed by atoms with Gasteiger partial charge in [-0.15, -0.1) is 0 Å². The third-order valence-corrected chi connectivity index (χ3v) is 1.96. The molecule has 0 aliphatic rings. The first-order valence-electron chi connectivity index (χ1n) is 5.81. The first-order chi connectivity index (χ1) is 9.23. The van der Waals surface area contributed by atoms with Crippen LogP contribution in [0.25, 0.3) is 0 Å². The molecule has 8 heteroatoms. The van der Waals surface area contributed by atoms with Gasteiger partial charge in [0.15, 0.2) is 11.6 Å². The third-order valence-electron chi connectivity index (χ3n) is 1.96. The van der Waals surface area contributed by atoms with E-state index in [1.165, 1.54) is 7.11 Å². The average molecular weight is 283 g/mol. The number of carboxylic acid groups (broad SMARTS) is 1. The van der Waals surface area contributed by atoms with Gasteiger partial charge in [-0.25, -0.2) is 19.6 Å². The molecule has 8 nitrogen and oxygen atoms in total. The van der Waals surface area contributed by atoms with E-state index in [1.54, 1.807) is 20.8 Å². The number of nitrogens with one attached hydrogen (secondary N) is 1. The number of nitrogens with zero attached hydrogens (tertiary/aromatic N) is 2. The highest BCUT2D eigenvalue weighted by Gasteiger charge is 2.20. The summed E-state index contributed by atoms with van der Waals surface area (Å²) >= 11 is 0. The van der Waals surface area contributed by atoms with Crippen molar-refractivity contribution in [3.05, 3.63) is 17.6 Å². The van der Waals surface area contributed by atoms with Crippen LogP contribution in [0.15, 0.2) is 6.20 Å². The van der Waals surface area contributed by atoms with Gasteiger partial charge in [-0.1, -0.05) is 0 Å². The van der Waals surface area contributed by atoms with Crippen LogP contribution in [0.5, 0.6) is 0 Å². The largest absolute Gasteiger partial charge is 0.477 e. The van der Waals surface area contributed by atoms with Crippen molar-refractivity contribution >= 4 is 17.9 Å². The number of aromatic nitrogens is 2. The summed E-state index contributed by atoms with van der Waals surface area (Å²) < 4.78 is 9.89. The number of carboxylic acids is 1. The quantitative estimate of drug-likeness (QED) is 0.864. The normalized spacial score (nSPS) is 11.0. The number of ether oxygens (including phenoxy) is 2. The number of carbonyl (C=O) groups is 2. The van der Waals surface area contributed by atoms with Crippen LogP contribution in [0, 0.1) is 0 Å². The van der Waals surface area contributed by atoms with Crippen LogP contribution >= 0.6 is 0 Å². The van der Waals surface area contributed by atoms with Gasteiger partial charge in [-0.05, 0) is 20.8 Å². The lowest BCUT2D eigenvalue weighted by Crippen LogP contribution is -2.28. The number of methoxy groups -OCH3 is 1. The van der Waals surface area contributed by atoms with Crippen molar-refractivity contribution < 1.29 is 24.2 Å². The molecule has 110 valence electrons. The first kappa shape index (κ1) is 15.8. The first-order valence-corrected chi connectivity index (χ1v) is 5.81. The van der Waals surface area contributed by atoms with Crippen LogP contribution in [-0.4, -0.2) is 39.8 Å². The minimum absolute atomic E-state index is 0.100. The van der Waals surface area contributed by atoms with Gasteiger partial charge in [0.2, 0.25) is 0 Å². The van der Waals surface area contributed by atoms with Crippen LogP contribution in [0.4, 0.5) is 10.6 Å². The van der Waals surface area contributed by atoms with E-state index in [-0.39, 0.29) is 23.8 Å². The van der Waals surface area contributed by atoms with Gasteiger partial charge in [0, 0.05) is 13.3 Å². The molecule has 0 bridgehead atoms. The van der Waals surface area contributed by atoms with Crippen molar-refractivity contribution in [3.8, 4) is 0 Å². The predicted molar refractivity (Wildman–Crippen MR) is 69.6 cm³/mol. The molecule has 0 aliphatic carbocycles. The smallest absolute Gasteiger partial charge is 0.413 e. The Balaban J connectivity index is 2.98. The second kappa shape index (κ2) is 6.29. The van der Waals surface area contributed by atoms with Crippen molar-refractivity contribution in [1.82, 2.24) is 9.97 Å². The topological polar surface area (TPSA) is 111 Å². The van der Waals surface area contributed by atoms with Crippen molar-refractivity contribution in [2.75, 3.05) is 12.4 Å². The maximum Gasteiger partial charge on any atom is 0.413 e. The van der Waals surface area contributed by atoms with Gasteiger partial charge >= 0.3 is 12.1 Å². The second-order valence-electron chi connectivity index (χ2n) is 4.91. The monoisotopic (exact) mass is 283 g/mol. The average Bonchev–Trinajstić information content (AvgIpc) is 2.26. The summed E-state index contributed by atoms with van der Waals surface area (Å²) in [5.74, 6) is -1.13. The molecular weight excluding hydrogens is 266 g/mol. The van der Waals surface area contributed by atoms with Gasteiger partial charge in [0.05, 0.1) is 0 Å². The van der Waals surface area contributed by atoms with E-state index in [0.717, 1.165) is 6.20 Å². The maximum atomic E-state index is 11.7. The third kappa shape index (κ3) is 4.81. The highest BCUT2D eigenvalue weighted by atomic mass is 16.6. The molecule has 0 atom stereocenters. The number of hydrogen-bond acceptors (Lipinski definition) is 6. The summed E-state index contributed by atoms with van der Waals surface area (Å²) in [6.45, 7) is 5.19. The fourth-order valence-electron chi connectivity index (χ4n) is 1.27. The molecule has 0 saturated heterocycles. The Bertz CT molecular complexity index is 510. The summed E-state index contributed by atoms with van der Waals surface area (Å²) in [7, 11) is 1.45. The SMILES string of the molecule is COCc1ncc(C(=O)O)c(NC(=O)OC(C)(C)C)n1. The molecule has 2 N–H and O–H groups in total. The molecule has 20 heavy (non-hydrogen) atoms. The molecule has 0 radical (unpaired) electrons. The van der Waals surface area contributed by atoms with E-state index >= 15 is 0 Å². The fourth-order valence-corrected chi connectivity index (χ4v) is 1.27. The molecule has 1 rings (SSSR count). The minimum Gasteiger partial charge on any atom is -0.477 e. The summed E-state index contributed by atoms with van der Waals surface area (Å²) in [4.78, 5) is 30.5. The summed E-state index contributed by atoms with van der Waals surface area (Å²) in [5.41, 5.74) is -0.925. The van der Waals surface area contributed by atoms with Crippen LogP contribution in [0.1, 0.15) is 37.0 Å². The van der Waals surface area contributed by atoms with Gasteiger partial charge in [0.25, 0.3) is 0 Å². The number of aromatic carboxylic acids is 1. The van der Waals surface area contributed by atoms with Crippen LogP contribution < -0.4 is 5.32 Å². The number of carbonyl (C=O) groups excluding carboxylic acids is 1. The minimum atomic E-state index is -1.25. The van der Waals surface area contributed by atoms with E-state index in [1.807, 2.05) is 0 Å². The van der Waals surface area contributed by atoms with Crippen LogP contribution in [0.2, 0.25) is 0 Å². The zero-order chi connectivity index (χ0) is 15.3. The molecule has 0 spiro atoms. The number of hydrogen-bond donors (Lipinski definition) is 2. The van der Waals surface area contributed by atoms with Gasteiger partial charge < -0.3 is 14.6 Å². The lowest BCUT2D eigenvalue weighted by atomic mass is 10.2. The zero-order valence-corrected chi connectivity index (χ0v) is 11.8. The molecule has 1 aromatic heterocycles. The molecule has 1 amide bonds. The van der Waals surface area contributed by atoms with Crippen LogP contribution in [-0.2, 0) is 16.1 Å². The van der Waals surface area contributed by atoms with Crippen molar-refractivity contribution in [3.63, 3.8) is 0 Å².